The van der Waals surface area contributed by atoms with Crippen molar-refractivity contribution in [3.63, 3.8) is 0 Å². The summed E-state index contributed by atoms with van der Waals surface area (Å²) in [5.74, 6) is -0.0311. The van der Waals surface area contributed by atoms with Gasteiger partial charge in [-0.3, -0.25) is 4.79 Å². The molecule has 5 nitrogen and oxygen atoms in total. The summed E-state index contributed by atoms with van der Waals surface area (Å²) in [6.07, 6.45) is -9.65. The van der Waals surface area contributed by atoms with Crippen molar-refractivity contribution in [3.8, 4) is 11.5 Å². The number of nitrogens with one attached hydrogen (secondary N) is 1. The number of alkyl halides is 6. The maximum Gasteiger partial charge on any atom is 0.416 e. The zero-order chi connectivity index (χ0) is 23.3. The van der Waals surface area contributed by atoms with Crippen LogP contribution < -0.4 is 19.7 Å². The largest absolute Gasteiger partial charge is 0.454 e. The summed E-state index contributed by atoms with van der Waals surface area (Å²) < 4.78 is 89.4. The number of carbonyl (C=O) groups excluding carboxylic acids is 1. The average Bonchev–Trinajstić information content (AvgIpc) is 3.40. The van der Waals surface area contributed by atoms with Gasteiger partial charge in [0.1, 0.15) is 0 Å². The van der Waals surface area contributed by atoms with E-state index >= 15 is 0 Å². The molecule has 0 aromatic heterocycles. The molecule has 0 saturated carbocycles. The van der Waals surface area contributed by atoms with Gasteiger partial charge in [-0.05, 0) is 42.3 Å². The first-order valence-electron chi connectivity index (χ1n) is 9.63. The van der Waals surface area contributed by atoms with Crippen LogP contribution >= 0.6 is 0 Å². The van der Waals surface area contributed by atoms with Gasteiger partial charge in [-0.25, -0.2) is 0 Å². The maximum absolute atomic E-state index is 13.1. The molecule has 2 atom stereocenters. The van der Waals surface area contributed by atoms with Gasteiger partial charge in [0, 0.05) is 25.3 Å². The van der Waals surface area contributed by atoms with E-state index in [1.165, 1.54) is 7.05 Å². The van der Waals surface area contributed by atoms with E-state index in [1.807, 2.05) is 6.07 Å². The lowest BCUT2D eigenvalue weighted by Gasteiger charge is -2.23. The fourth-order valence-corrected chi connectivity index (χ4v) is 3.84. The molecular formula is C21H18F6N2O3. The number of nitrogens with zero attached hydrogens (tertiary/aromatic N) is 1. The minimum Gasteiger partial charge on any atom is -0.454 e. The monoisotopic (exact) mass is 460 g/mol. The number of hydrogen-bond donors (Lipinski definition) is 1. The Bertz CT molecular complexity index is 1000. The molecule has 4 rings (SSSR count). The van der Waals surface area contributed by atoms with Gasteiger partial charge in [0.15, 0.2) is 11.5 Å². The van der Waals surface area contributed by atoms with Crippen LogP contribution in [0.4, 0.5) is 32.0 Å². The first-order chi connectivity index (χ1) is 14.9. The number of hydrogen-bond acceptors (Lipinski definition) is 4. The molecule has 1 saturated heterocycles. The molecule has 1 unspecified atom stereocenters. The molecule has 1 amide bonds. The summed E-state index contributed by atoms with van der Waals surface area (Å²) in [4.78, 5) is 13.8. The molecule has 172 valence electrons. The van der Waals surface area contributed by atoms with E-state index < -0.39 is 41.0 Å². The van der Waals surface area contributed by atoms with E-state index in [9.17, 15) is 31.1 Å². The molecule has 0 bridgehead atoms. The van der Waals surface area contributed by atoms with Crippen LogP contribution in [-0.2, 0) is 17.1 Å². The van der Waals surface area contributed by atoms with Gasteiger partial charge in [0.05, 0.1) is 17.0 Å². The second kappa shape index (κ2) is 7.88. The highest BCUT2D eigenvalue weighted by molar-refractivity contribution is 5.95. The van der Waals surface area contributed by atoms with Crippen LogP contribution in [0.3, 0.4) is 0 Å². The number of fused-ring (bicyclic) bond motifs is 1. The Morgan fingerprint density at radius 3 is 2.22 bits per heavy atom. The number of anilines is 1. The molecular weight excluding hydrogens is 442 g/mol. The van der Waals surface area contributed by atoms with Gasteiger partial charge in [-0.1, -0.05) is 6.07 Å². The number of amides is 1. The van der Waals surface area contributed by atoms with Crippen molar-refractivity contribution in [2.75, 3.05) is 25.3 Å². The van der Waals surface area contributed by atoms with Crippen LogP contribution in [0.15, 0.2) is 36.4 Å². The molecule has 2 aliphatic rings. The molecule has 32 heavy (non-hydrogen) atoms. The van der Waals surface area contributed by atoms with E-state index in [1.54, 1.807) is 12.1 Å². The topological polar surface area (TPSA) is 50.8 Å². The van der Waals surface area contributed by atoms with Gasteiger partial charge >= 0.3 is 12.4 Å². The van der Waals surface area contributed by atoms with Crippen LogP contribution in [0.5, 0.6) is 11.5 Å². The number of rotatable bonds is 3. The minimum atomic E-state index is -4.99. The minimum absolute atomic E-state index is 0.0363. The second-order valence-electron chi connectivity index (χ2n) is 7.67. The third-order valence-electron chi connectivity index (χ3n) is 5.57. The number of ether oxygens (including phenoxy) is 2. The van der Waals surface area contributed by atoms with Gasteiger partial charge in [0.25, 0.3) is 0 Å². The molecule has 11 heteroatoms. The Labute approximate surface area is 178 Å². The first kappa shape index (κ1) is 22.3. The zero-order valence-corrected chi connectivity index (χ0v) is 16.7. The number of carbonyl (C=O) groups is 1. The molecule has 2 aliphatic heterocycles. The molecule has 1 N–H and O–H groups in total. The average molecular weight is 460 g/mol. The maximum atomic E-state index is 13.1. The van der Waals surface area contributed by atoms with E-state index in [0.29, 0.717) is 30.1 Å². The smallest absolute Gasteiger partial charge is 0.416 e. The summed E-state index contributed by atoms with van der Waals surface area (Å²) in [7, 11) is 1.17. The highest BCUT2D eigenvalue weighted by Gasteiger charge is 2.39. The summed E-state index contributed by atoms with van der Waals surface area (Å²) in [5, 5.41) is 3.17. The van der Waals surface area contributed by atoms with Gasteiger partial charge in [0.2, 0.25) is 12.7 Å². The van der Waals surface area contributed by atoms with Crippen LogP contribution in [-0.4, -0.2) is 26.3 Å². The van der Waals surface area contributed by atoms with Crippen molar-refractivity contribution in [2.45, 2.75) is 24.8 Å². The van der Waals surface area contributed by atoms with E-state index in [0.717, 1.165) is 10.5 Å². The quantitative estimate of drug-likeness (QED) is 0.671. The lowest BCUT2D eigenvalue weighted by Crippen LogP contribution is -2.34. The molecule has 1 fully saturated rings. The fourth-order valence-electron chi connectivity index (χ4n) is 3.84. The van der Waals surface area contributed by atoms with Crippen molar-refractivity contribution in [3.05, 3.63) is 53.1 Å². The third-order valence-corrected chi connectivity index (χ3v) is 5.57. The van der Waals surface area contributed by atoms with E-state index in [-0.39, 0.29) is 25.4 Å². The van der Waals surface area contributed by atoms with Crippen LogP contribution in [0.25, 0.3) is 0 Å². The number of halogens is 6. The normalized spacial score (nSPS) is 20.5. The van der Waals surface area contributed by atoms with E-state index in [4.69, 9.17) is 9.47 Å². The van der Waals surface area contributed by atoms with E-state index in [2.05, 4.69) is 5.32 Å². The zero-order valence-electron chi connectivity index (χ0n) is 16.7. The molecule has 2 heterocycles. The molecule has 2 aromatic carbocycles. The lowest BCUT2D eigenvalue weighted by atomic mass is 9.98. The third kappa shape index (κ3) is 4.34. The molecule has 0 aliphatic carbocycles. The summed E-state index contributed by atoms with van der Waals surface area (Å²) in [6.45, 7) is 0.340. The Kier molecular flexibility index (Phi) is 5.48. The summed E-state index contributed by atoms with van der Waals surface area (Å²) in [6, 6.07) is 6.23. The lowest BCUT2D eigenvalue weighted by molar-refractivity contribution is -0.143. The molecule has 0 spiro atoms. The van der Waals surface area contributed by atoms with Crippen LogP contribution in [0.2, 0.25) is 0 Å². The van der Waals surface area contributed by atoms with Gasteiger partial charge in [-0.15, -0.1) is 0 Å². The molecule has 2 aromatic rings. The Hall–Kier alpha value is -2.95. The van der Waals surface area contributed by atoms with Gasteiger partial charge < -0.3 is 19.7 Å². The van der Waals surface area contributed by atoms with Crippen LogP contribution in [0, 0.1) is 5.92 Å². The van der Waals surface area contributed by atoms with Crippen molar-refractivity contribution >= 4 is 11.6 Å². The summed E-state index contributed by atoms with van der Waals surface area (Å²) in [5.41, 5.74) is -2.57. The van der Waals surface area contributed by atoms with Crippen molar-refractivity contribution in [2.24, 2.45) is 5.92 Å². The highest BCUT2D eigenvalue weighted by atomic mass is 19.4. The predicted molar refractivity (Wildman–Crippen MR) is 101 cm³/mol. The Morgan fingerprint density at radius 1 is 0.969 bits per heavy atom. The second-order valence-corrected chi connectivity index (χ2v) is 7.67. The van der Waals surface area contributed by atoms with Crippen LogP contribution in [0.1, 0.15) is 29.2 Å². The van der Waals surface area contributed by atoms with Crippen molar-refractivity contribution < 1.29 is 40.6 Å². The Balaban J connectivity index is 1.54. The predicted octanol–water partition coefficient (Wildman–Crippen LogP) is 4.77. The standard InChI is InChI=1S/C21H18F6N2O3/c1-29(15-7-13(20(22,23)24)6-14(8-15)21(25,26)27)19(30)12-4-16(28-9-12)11-2-3-17-18(5-11)32-10-31-17/h2-3,5-8,12,16,28H,4,9-10H2,1H3/t12-,16?/m1/s1. The highest BCUT2D eigenvalue weighted by Crippen LogP contribution is 2.40. The first-order valence-corrected chi connectivity index (χ1v) is 9.63. The fraction of sp³-hybridized carbons (Fsp3) is 0.381. The molecule has 0 radical (unpaired) electrons. The number of benzene rings is 2. The Morgan fingerprint density at radius 2 is 1.59 bits per heavy atom. The van der Waals surface area contributed by atoms with Gasteiger partial charge in [-0.2, -0.15) is 26.3 Å². The van der Waals surface area contributed by atoms with Crippen molar-refractivity contribution in [1.82, 2.24) is 5.32 Å². The SMILES string of the molecule is CN(C(=O)[C@H]1CNC(c2ccc3c(c2)OCO3)C1)c1cc(C(F)(F)F)cc(C(F)(F)F)c1. The summed E-state index contributed by atoms with van der Waals surface area (Å²) >= 11 is 0. The van der Waals surface area contributed by atoms with Crippen molar-refractivity contribution in [1.29, 1.82) is 0 Å².